The van der Waals surface area contributed by atoms with Crippen LogP contribution >= 0.6 is 24.0 Å². The van der Waals surface area contributed by atoms with Crippen molar-refractivity contribution in [2.75, 3.05) is 24.6 Å². The Bertz CT molecular complexity index is 928. The zero-order valence-corrected chi connectivity index (χ0v) is 20.4. The first kappa shape index (κ1) is 24.5. The molecule has 1 saturated heterocycles. The number of fused-ring (bicyclic) bond motifs is 1. The fourth-order valence-corrected chi connectivity index (χ4v) is 5.33. The summed E-state index contributed by atoms with van der Waals surface area (Å²) in [7, 11) is 0. The summed E-state index contributed by atoms with van der Waals surface area (Å²) in [6.07, 6.45) is 6.25. The number of para-hydroxylation sites is 1. The van der Waals surface area contributed by atoms with E-state index in [4.69, 9.17) is 17.0 Å². The maximum Gasteiger partial charge on any atom is 0.305 e. The molecule has 32 heavy (non-hydrogen) atoms. The summed E-state index contributed by atoms with van der Waals surface area (Å²) < 4.78 is 5.36. The molecular formula is C24H30N2O4S2. The minimum Gasteiger partial charge on any atom is -0.466 e. The number of benzene rings is 1. The van der Waals surface area contributed by atoms with Crippen LogP contribution in [-0.2, 0) is 19.1 Å². The predicted octanol–water partition coefficient (Wildman–Crippen LogP) is 4.92. The molecule has 0 radical (unpaired) electrons. The van der Waals surface area contributed by atoms with Crippen molar-refractivity contribution in [3.63, 3.8) is 0 Å². The van der Waals surface area contributed by atoms with Gasteiger partial charge in [-0.25, -0.2) is 0 Å². The summed E-state index contributed by atoms with van der Waals surface area (Å²) >= 11 is 6.61. The number of unbranched alkanes of at least 4 members (excludes halogenated alkanes) is 4. The topological polar surface area (TPSA) is 66.9 Å². The van der Waals surface area contributed by atoms with Crippen molar-refractivity contribution in [1.29, 1.82) is 0 Å². The molecule has 0 aromatic heterocycles. The molecular weight excluding hydrogens is 444 g/mol. The van der Waals surface area contributed by atoms with Crippen molar-refractivity contribution >= 4 is 57.3 Å². The fraction of sp³-hybridized carbons (Fsp3) is 0.500. The van der Waals surface area contributed by atoms with Crippen molar-refractivity contribution in [3.05, 3.63) is 34.7 Å². The lowest BCUT2D eigenvalue weighted by molar-refractivity contribution is -0.143. The number of thioether (sulfide) groups is 1. The Kier molecular flexibility index (Phi) is 8.87. The molecule has 0 N–H and O–H groups in total. The number of thiocarbonyl (C=S) groups is 1. The number of carbonyl (C=O) groups is 3. The van der Waals surface area contributed by atoms with E-state index < -0.39 is 0 Å². The quantitative estimate of drug-likeness (QED) is 0.196. The normalized spacial score (nSPS) is 18.0. The third kappa shape index (κ3) is 5.41. The molecule has 0 spiro atoms. The highest BCUT2D eigenvalue weighted by Crippen LogP contribution is 2.44. The van der Waals surface area contributed by atoms with E-state index in [1.807, 2.05) is 24.3 Å². The van der Waals surface area contributed by atoms with Crippen LogP contribution in [0.1, 0.15) is 64.4 Å². The van der Waals surface area contributed by atoms with E-state index >= 15 is 0 Å². The van der Waals surface area contributed by atoms with Crippen LogP contribution in [0.5, 0.6) is 0 Å². The number of hydrogen-bond donors (Lipinski definition) is 0. The standard InChI is InChI=1S/C24H30N2O4S2/c1-3-5-6-7-10-15-25-18-13-9-8-12-17(18)20(22(25)28)21-23(29)26(24(31)32-21)16-11-14-19(27)30-4-2/h8-9,12-13H,3-7,10-11,14-16H2,1-2H3/b21-20-. The third-order valence-corrected chi connectivity index (χ3v) is 7.00. The Labute approximate surface area is 199 Å². The Morgan fingerprint density at radius 2 is 1.69 bits per heavy atom. The highest BCUT2D eigenvalue weighted by Gasteiger charge is 2.41. The van der Waals surface area contributed by atoms with Crippen molar-refractivity contribution in [3.8, 4) is 0 Å². The van der Waals surface area contributed by atoms with Gasteiger partial charge in [-0.1, -0.05) is 74.8 Å². The Morgan fingerprint density at radius 1 is 0.969 bits per heavy atom. The highest BCUT2D eigenvalue weighted by atomic mass is 32.2. The van der Waals surface area contributed by atoms with Crippen LogP contribution in [0.2, 0.25) is 0 Å². The van der Waals surface area contributed by atoms with Crippen molar-refractivity contribution in [2.45, 2.75) is 58.8 Å². The van der Waals surface area contributed by atoms with Gasteiger partial charge in [0.1, 0.15) is 4.32 Å². The van der Waals surface area contributed by atoms with Gasteiger partial charge in [-0.05, 0) is 25.8 Å². The zero-order valence-electron chi connectivity index (χ0n) is 18.7. The van der Waals surface area contributed by atoms with Crippen LogP contribution in [-0.4, -0.2) is 46.7 Å². The molecule has 3 rings (SSSR count). The maximum absolute atomic E-state index is 13.4. The predicted molar refractivity (Wildman–Crippen MR) is 132 cm³/mol. The zero-order chi connectivity index (χ0) is 23.1. The summed E-state index contributed by atoms with van der Waals surface area (Å²) in [5.41, 5.74) is 2.09. The molecule has 2 aliphatic rings. The molecule has 172 valence electrons. The van der Waals surface area contributed by atoms with Gasteiger partial charge in [0.2, 0.25) is 0 Å². The Balaban J connectivity index is 1.76. The van der Waals surface area contributed by atoms with E-state index in [2.05, 4.69) is 6.92 Å². The molecule has 0 aliphatic carbocycles. The van der Waals surface area contributed by atoms with Gasteiger partial charge in [0.05, 0.1) is 22.8 Å². The van der Waals surface area contributed by atoms with Crippen LogP contribution < -0.4 is 4.90 Å². The largest absolute Gasteiger partial charge is 0.466 e. The molecule has 0 saturated carbocycles. The summed E-state index contributed by atoms with van der Waals surface area (Å²) in [5.74, 6) is -0.675. The minimum absolute atomic E-state index is 0.131. The van der Waals surface area contributed by atoms with Gasteiger partial charge < -0.3 is 9.64 Å². The summed E-state index contributed by atoms with van der Waals surface area (Å²) in [4.78, 5) is 41.8. The number of hydrogen-bond acceptors (Lipinski definition) is 6. The van der Waals surface area contributed by atoms with Gasteiger partial charge in [-0.15, -0.1) is 0 Å². The highest BCUT2D eigenvalue weighted by molar-refractivity contribution is 8.26. The molecule has 6 nitrogen and oxygen atoms in total. The molecule has 2 amide bonds. The number of esters is 1. The van der Waals surface area contributed by atoms with Gasteiger partial charge >= 0.3 is 5.97 Å². The van der Waals surface area contributed by atoms with E-state index in [1.54, 1.807) is 11.8 Å². The van der Waals surface area contributed by atoms with E-state index in [-0.39, 0.29) is 24.2 Å². The van der Waals surface area contributed by atoms with E-state index in [9.17, 15) is 14.4 Å². The molecule has 1 aromatic carbocycles. The van der Waals surface area contributed by atoms with E-state index in [0.717, 1.165) is 30.5 Å². The Hall–Kier alpha value is -2.19. The maximum atomic E-state index is 13.4. The fourth-order valence-electron chi connectivity index (χ4n) is 3.95. The molecule has 0 bridgehead atoms. The summed E-state index contributed by atoms with van der Waals surface area (Å²) in [5, 5.41) is 0. The summed E-state index contributed by atoms with van der Waals surface area (Å²) in [6.45, 7) is 5.25. The lowest BCUT2D eigenvalue weighted by atomic mass is 10.1. The number of rotatable bonds is 11. The van der Waals surface area contributed by atoms with E-state index in [1.165, 1.54) is 29.5 Å². The third-order valence-electron chi connectivity index (χ3n) is 5.55. The van der Waals surface area contributed by atoms with Gasteiger partial charge in [-0.2, -0.15) is 0 Å². The smallest absolute Gasteiger partial charge is 0.305 e. The molecule has 2 aliphatic heterocycles. The van der Waals surface area contributed by atoms with Gasteiger partial charge in [0.15, 0.2) is 0 Å². The number of ether oxygens (including phenoxy) is 1. The van der Waals surface area contributed by atoms with Crippen LogP contribution in [0.25, 0.3) is 5.57 Å². The first-order valence-corrected chi connectivity index (χ1v) is 12.6. The number of anilines is 1. The first-order valence-electron chi connectivity index (χ1n) is 11.3. The second-order valence-corrected chi connectivity index (χ2v) is 9.47. The lowest BCUT2D eigenvalue weighted by Gasteiger charge is -2.17. The molecule has 0 unspecified atom stereocenters. The first-order chi connectivity index (χ1) is 15.5. The van der Waals surface area contributed by atoms with Gasteiger partial charge in [0.25, 0.3) is 11.8 Å². The molecule has 8 heteroatoms. The molecule has 0 atom stereocenters. The van der Waals surface area contributed by atoms with Crippen LogP contribution in [0.3, 0.4) is 0 Å². The van der Waals surface area contributed by atoms with Crippen LogP contribution in [0, 0.1) is 0 Å². The van der Waals surface area contributed by atoms with Crippen molar-refractivity contribution < 1.29 is 19.1 Å². The van der Waals surface area contributed by atoms with Crippen LogP contribution in [0.15, 0.2) is 29.2 Å². The van der Waals surface area contributed by atoms with Gasteiger partial charge in [-0.3, -0.25) is 19.3 Å². The number of carbonyl (C=O) groups excluding carboxylic acids is 3. The second-order valence-electron chi connectivity index (χ2n) is 7.83. The lowest BCUT2D eigenvalue weighted by Crippen LogP contribution is -2.31. The molecule has 1 fully saturated rings. The molecule has 2 heterocycles. The summed E-state index contributed by atoms with van der Waals surface area (Å²) in [6, 6.07) is 7.63. The van der Waals surface area contributed by atoms with Crippen molar-refractivity contribution in [1.82, 2.24) is 4.90 Å². The minimum atomic E-state index is -0.286. The van der Waals surface area contributed by atoms with Gasteiger partial charge in [0, 0.05) is 25.1 Å². The number of amides is 2. The SMILES string of the molecule is CCCCCCCN1C(=O)/C(=C2\SC(=S)N(CCCC(=O)OCC)C2=O)c2ccccc21. The van der Waals surface area contributed by atoms with E-state index in [0.29, 0.717) is 40.9 Å². The average Bonchev–Trinajstić information content (AvgIpc) is 3.21. The Morgan fingerprint density at radius 3 is 2.44 bits per heavy atom. The van der Waals surface area contributed by atoms with Crippen molar-refractivity contribution in [2.24, 2.45) is 0 Å². The second kappa shape index (κ2) is 11.6. The number of nitrogens with zero attached hydrogens (tertiary/aromatic N) is 2. The average molecular weight is 475 g/mol. The molecule has 1 aromatic rings. The van der Waals surface area contributed by atoms with Crippen LogP contribution in [0.4, 0.5) is 5.69 Å². The monoisotopic (exact) mass is 474 g/mol.